The monoisotopic (exact) mass is 443 g/mol. The average Bonchev–Trinajstić information content (AvgIpc) is 2.88. The summed E-state index contributed by atoms with van der Waals surface area (Å²) in [6.07, 6.45) is 3.40. The maximum Gasteiger partial charge on any atom is 0.229 e. The van der Waals surface area contributed by atoms with E-state index in [0.29, 0.717) is 45.7 Å². The number of anilines is 2. The van der Waals surface area contributed by atoms with Gasteiger partial charge in [-0.05, 0) is 31.0 Å². The maximum atomic E-state index is 9.20. The average molecular weight is 444 g/mol. The van der Waals surface area contributed by atoms with Crippen LogP contribution in [-0.4, -0.2) is 48.2 Å². The first-order valence-corrected chi connectivity index (χ1v) is 10.6. The molecule has 3 heterocycles. The van der Waals surface area contributed by atoms with Crippen molar-refractivity contribution in [2.75, 3.05) is 37.5 Å². The van der Waals surface area contributed by atoms with E-state index in [1.165, 1.54) is 0 Å². The topological polar surface area (TPSA) is 149 Å². The number of nitrogens with zero attached hydrogens (tertiary/aromatic N) is 6. The van der Waals surface area contributed by atoms with Gasteiger partial charge in [0.2, 0.25) is 11.8 Å². The van der Waals surface area contributed by atoms with Gasteiger partial charge in [-0.3, -0.25) is 0 Å². The molecule has 0 bridgehead atoms. The van der Waals surface area contributed by atoms with Crippen molar-refractivity contribution in [1.82, 2.24) is 15.0 Å². The summed E-state index contributed by atoms with van der Waals surface area (Å²) in [4.78, 5) is 16.1. The fourth-order valence-electron chi connectivity index (χ4n) is 3.86. The molecule has 0 spiro atoms. The van der Waals surface area contributed by atoms with E-state index in [-0.39, 0.29) is 6.04 Å². The molecule has 1 aromatic carbocycles. The molecule has 168 valence electrons. The fourth-order valence-corrected chi connectivity index (χ4v) is 3.86. The number of ether oxygens (including phenoxy) is 1. The van der Waals surface area contributed by atoms with Crippen LogP contribution in [0.5, 0.6) is 5.88 Å². The minimum absolute atomic E-state index is 0.184. The van der Waals surface area contributed by atoms with Crippen molar-refractivity contribution in [2.45, 2.75) is 18.9 Å². The normalized spacial score (nSPS) is 13.9. The highest BCUT2D eigenvalue weighted by atomic mass is 16.5. The Labute approximate surface area is 192 Å². The van der Waals surface area contributed by atoms with Crippen molar-refractivity contribution in [2.24, 2.45) is 10.8 Å². The summed E-state index contributed by atoms with van der Waals surface area (Å²) in [7, 11) is 3.29. The first-order chi connectivity index (χ1) is 16.1. The van der Waals surface area contributed by atoms with Gasteiger partial charge in [-0.1, -0.05) is 12.1 Å². The highest BCUT2D eigenvalue weighted by Crippen LogP contribution is 2.40. The molecule has 0 amide bonds. The summed E-state index contributed by atoms with van der Waals surface area (Å²) < 4.78 is 5.71. The Morgan fingerprint density at radius 1 is 1.21 bits per heavy atom. The Bertz CT molecular complexity index is 1200. The maximum absolute atomic E-state index is 9.20. The number of aromatic nitrogens is 3. The number of methoxy groups -OCH3 is 1. The van der Waals surface area contributed by atoms with E-state index >= 15 is 0 Å². The van der Waals surface area contributed by atoms with E-state index in [1.807, 2.05) is 12.1 Å². The summed E-state index contributed by atoms with van der Waals surface area (Å²) in [6.45, 7) is 1.52. The number of rotatable bonds is 6. The molecule has 10 nitrogen and oxygen atoms in total. The van der Waals surface area contributed by atoms with Crippen LogP contribution in [0.15, 0.2) is 41.6 Å². The minimum Gasteiger partial charge on any atom is -0.480 e. The minimum atomic E-state index is 0.184. The number of hydrogen-bond acceptors (Lipinski definition) is 10. The zero-order chi connectivity index (χ0) is 23.4. The van der Waals surface area contributed by atoms with Crippen molar-refractivity contribution in [3.63, 3.8) is 0 Å². The zero-order valence-corrected chi connectivity index (χ0v) is 18.5. The van der Waals surface area contributed by atoms with Crippen LogP contribution in [0.4, 0.5) is 17.5 Å². The SMILES string of the molecule is CNc1ncc(-c2c(OC)nc(N3CCC(N)CC3)nc2-c2ccc(C#N)cc2)cc1N=N. The lowest BCUT2D eigenvalue weighted by Crippen LogP contribution is -2.40. The largest absolute Gasteiger partial charge is 0.480 e. The van der Waals surface area contributed by atoms with Gasteiger partial charge in [-0.15, -0.1) is 0 Å². The fraction of sp³-hybridized carbons (Fsp3) is 0.304. The molecule has 1 aliphatic heterocycles. The second-order valence-corrected chi connectivity index (χ2v) is 7.72. The number of piperidine rings is 1. The quantitative estimate of drug-likeness (QED) is 0.488. The smallest absolute Gasteiger partial charge is 0.229 e. The Morgan fingerprint density at radius 2 is 1.94 bits per heavy atom. The standard InChI is InChI=1S/C23H25N9O/c1-27-21-18(31-26)11-16(13-28-21)19-20(15-5-3-14(12-24)4-6-15)29-23(30-22(19)33-2)32-9-7-17(25)8-10-32/h3-6,11,13,17,26H,7-10,25H2,1-2H3,(H,27,28). The van der Waals surface area contributed by atoms with Gasteiger partial charge in [-0.25, -0.2) is 15.5 Å². The lowest BCUT2D eigenvalue weighted by Gasteiger charge is -2.31. The predicted molar refractivity (Wildman–Crippen MR) is 126 cm³/mol. The molecule has 2 aromatic heterocycles. The molecule has 1 aliphatic rings. The van der Waals surface area contributed by atoms with Crippen molar-refractivity contribution in [3.8, 4) is 34.3 Å². The van der Waals surface area contributed by atoms with E-state index in [0.717, 1.165) is 31.5 Å². The van der Waals surface area contributed by atoms with Crippen LogP contribution < -0.4 is 20.7 Å². The van der Waals surface area contributed by atoms with Crippen molar-refractivity contribution < 1.29 is 4.74 Å². The molecule has 33 heavy (non-hydrogen) atoms. The van der Waals surface area contributed by atoms with Crippen LogP contribution in [0.25, 0.3) is 22.4 Å². The first kappa shape index (κ1) is 22.1. The summed E-state index contributed by atoms with van der Waals surface area (Å²) in [5.74, 6) is 1.45. The molecule has 0 radical (unpaired) electrons. The molecule has 0 saturated carbocycles. The third kappa shape index (κ3) is 4.44. The Kier molecular flexibility index (Phi) is 6.42. The zero-order valence-electron chi connectivity index (χ0n) is 18.5. The van der Waals surface area contributed by atoms with Gasteiger partial charge in [0.1, 0.15) is 5.69 Å². The number of hydrogen-bond donors (Lipinski definition) is 3. The van der Waals surface area contributed by atoms with Crippen LogP contribution in [0, 0.1) is 16.9 Å². The first-order valence-electron chi connectivity index (χ1n) is 10.6. The Hall–Kier alpha value is -4.10. The predicted octanol–water partition coefficient (Wildman–Crippen LogP) is 3.72. The molecule has 4 rings (SSSR count). The van der Waals surface area contributed by atoms with Crippen LogP contribution in [0.2, 0.25) is 0 Å². The van der Waals surface area contributed by atoms with E-state index in [9.17, 15) is 5.26 Å². The van der Waals surface area contributed by atoms with Crippen LogP contribution in [0.3, 0.4) is 0 Å². The van der Waals surface area contributed by atoms with E-state index in [2.05, 4.69) is 26.4 Å². The second-order valence-electron chi connectivity index (χ2n) is 7.72. The van der Waals surface area contributed by atoms with Gasteiger partial charge < -0.3 is 20.7 Å². The number of pyridine rings is 1. The summed E-state index contributed by atoms with van der Waals surface area (Å²) in [6, 6.07) is 11.3. The summed E-state index contributed by atoms with van der Waals surface area (Å²) in [5, 5.41) is 15.7. The van der Waals surface area contributed by atoms with Crippen LogP contribution in [0.1, 0.15) is 18.4 Å². The van der Waals surface area contributed by atoms with Crippen LogP contribution >= 0.6 is 0 Å². The van der Waals surface area contributed by atoms with Gasteiger partial charge in [0.05, 0.1) is 30.0 Å². The third-order valence-corrected chi connectivity index (χ3v) is 5.68. The van der Waals surface area contributed by atoms with Gasteiger partial charge >= 0.3 is 0 Å². The van der Waals surface area contributed by atoms with Gasteiger partial charge in [0.15, 0.2) is 5.82 Å². The van der Waals surface area contributed by atoms with Crippen molar-refractivity contribution >= 4 is 17.5 Å². The molecule has 3 aromatic rings. The van der Waals surface area contributed by atoms with E-state index in [1.54, 1.807) is 38.6 Å². The third-order valence-electron chi connectivity index (χ3n) is 5.68. The highest BCUT2D eigenvalue weighted by molar-refractivity contribution is 5.86. The molecular formula is C23H25N9O. The van der Waals surface area contributed by atoms with Gasteiger partial charge in [-0.2, -0.15) is 15.4 Å². The van der Waals surface area contributed by atoms with Crippen LogP contribution in [-0.2, 0) is 0 Å². The molecule has 0 atom stereocenters. The highest BCUT2D eigenvalue weighted by Gasteiger charge is 2.24. The molecule has 1 saturated heterocycles. The van der Waals surface area contributed by atoms with Gasteiger partial charge in [0.25, 0.3) is 0 Å². The van der Waals surface area contributed by atoms with E-state index < -0.39 is 0 Å². The van der Waals surface area contributed by atoms with E-state index in [4.69, 9.17) is 26.0 Å². The molecular weight excluding hydrogens is 418 g/mol. The molecule has 4 N–H and O–H groups in total. The summed E-state index contributed by atoms with van der Waals surface area (Å²) >= 11 is 0. The molecule has 1 fully saturated rings. The number of benzene rings is 1. The Balaban J connectivity index is 1.92. The lowest BCUT2D eigenvalue weighted by atomic mass is 10.00. The number of nitriles is 1. The molecule has 10 heteroatoms. The summed E-state index contributed by atoms with van der Waals surface area (Å²) in [5.41, 5.74) is 17.3. The Morgan fingerprint density at radius 3 is 2.55 bits per heavy atom. The molecule has 0 aliphatic carbocycles. The second kappa shape index (κ2) is 9.58. The van der Waals surface area contributed by atoms with Crippen molar-refractivity contribution in [3.05, 3.63) is 42.1 Å². The molecule has 0 unspecified atom stereocenters. The number of nitrogens with one attached hydrogen (secondary N) is 2. The van der Waals surface area contributed by atoms with Gasteiger partial charge in [0, 0.05) is 43.5 Å². The lowest BCUT2D eigenvalue weighted by molar-refractivity contribution is 0.397. The number of nitrogens with two attached hydrogens (primary N) is 1. The van der Waals surface area contributed by atoms with Crippen molar-refractivity contribution in [1.29, 1.82) is 10.8 Å².